The van der Waals surface area contributed by atoms with Gasteiger partial charge in [0.2, 0.25) is 0 Å². The highest BCUT2D eigenvalue weighted by atomic mass is 79.9. The molecule has 0 atom stereocenters. The fourth-order valence-corrected chi connectivity index (χ4v) is 1.57. The van der Waals surface area contributed by atoms with Crippen LogP contribution in [0.3, 0.4) is 0 Å². The lowest BCUT2D eigenvalue weighted by atomic mass is 10.2. The molecule has 0 spiro atoms. The van der Waals surface area contributed by atoms with Crippen LogP contribution >= 0.6 is 15.9 Å². The number of rotatable bonds is 3. The highest BCUT2D eigenvalue weighted by molar-refractivity contribution is 9.08. The van der Waals surface area contributed by atoms with E-state index in [-0.39, 0.29) is 0 Å². The Balaban J connectivity index is 2.97. The normalized spacial score (nSPS) is 9.92. The molecule has 0 fully saturated rings. The summed E-state index contributed by atoms with van der Waals surface area (Å²) in [7, 11) is 0. The van der Waals surface area contributed by atoms with Gasteiger partial charge in [-0.3, -0.25) is 4.98 Å². The number of nitrogens with zero attached hydrogens (tertiary/aromatic N) is 1. The molecule has 0 bridgehead atoms. The Labute approximate surface area is 81.1 Å². The minimum absolute atomic E-state index is 0.701. The molecule has 0 aromatic carbocycles. The van der Waals surface area contributed by atoms with Gasteiger partial charge in [0.15, 0.2) is 0 Å². The molecule has 66 valence electrons. The monoisotopic (exact) mass is 229 g/mol. The second-order valence-electron chi connectivity index (χ2n) is 2.45. The molecular weight excluding hydrogens is 218 g/mol. The SMILES string of the molecule is CCOc1ccnc(CBr)c1C. The van der Waals surface area contributed by atoms with Crippen LogP contribution in [0.2, 0.25) is 0 Å². The van der Waals surface area contributed by atoms with Crippen LogP contribution in [-0.2, 0) is 5.33 Å². The Bertz CT molecular complexity index is 263. The van der Waals surface area contributed by atoms with Crippen molar-refractivity contribution in [1.82, 2.24) is 4.98 Å². The molecule has 12 heavy (non-hydrogen) atoms. The summed E-state index contributed by atoms with van der Waals surface area (Å²) < 4.78 is 5.42. The summed E-state index contributed by atoms with van der Waals surface area (Å²) in [5.74, 6) is 0.932. The molecular formula is C9H12BrNO. The van der Waals surface area contributed by atoms with Gasteiger partial charge in [0.05, 0.1) is 12.3 Å². The molecule has 0 aliphatic rings. The molecule has 1 aromatic heterocycles. The van der Waals surface area contributed by atoms with Gasteiger partial charge in [0.25, 0.3) is 0 Å². The molecule has 0 unspecified atom stereocenters. The maximum absolute atomic E-state index is 5.42. The van der Waals surface area contributed by atoms with Gasteiger partial charge < -0.3 is 4.74 Å². The van der Waals surface area contributed by atoms with Crippen LogP contribution in [0.25, 0.3) is 0 Å². The Hall–Kier alpha value is -0.570. The number of hydrogen-bond donors (Lipinski definition) is 0. The zero-order valence-electron chi connectivity index (χ0n) is 7.30. The second kappa shape index (κ2) is 4.45. The molecule has 3 heteroatoms. The molecule has 1 heterocycles. The molecule has 1 aromatic rings. The first-order valence-electron chi connectivity index (χ1n) is 3.92. The highest BCUT2D eigenvalue weighted by Gasteiger charge is 2.03. The van der Waals surface area contributed by atoms with E-state index in [2.05, 4.69) is 20.9 Å². The van der Waals surface area contributed by atoms with Gasteiger partial charge >= 0.3 is 0 Å². The predicted octanol–water partition coefficient (Wildman–Crippen LogP) is 2.68. The van der Waals surface area contributed by atoms with Crippen molar-refractivity contribution < 1.29 is 4.74 Å². The van der Waals surface area contributed by atoms with Crippen molar-refractivity contribution >= 4 is 15.9 Å². The summed E-state index contributed by atoms with van der Waals surface area (Å²) in [5.41, 5.74) is 2.16. The van der Waals surface area contributed by atoms with Crippen molar-refractivity contribution in [3.63, 3.8) is 0 Å². The number of pyridine rings is 1. The van der Waals surface area contributed by atoms with Gasteiger partial charge in [0.1, 0.15) is 5.75 Å². The van der Waals surface area contributed by atoms with E-state index in [1.54, 1.807) is 6.20 Å². The third-order valence-electron chi connectivity index (χ3n) is 1.69. The maximum Gasteiger partial charge on any atom is 0.125 e. The number of alkyl halides is 1. The van der Waals surface area contributed by atoms with Crippen LogP contribution < -0.4 is 4.74 Å². The van der Waals surface area contributed by atoms with E-state index in [9.17, 15) is 0 Å². The van der Waals surface area contributed by atoms with E-state index >= 15 is 0 Å². The summed E-state index contributed by atoms with van der Waals surface area (Å²) in [6, 6.07) is 1.89. The van der Waals surface area contributed by atoms with Gasteiger partial charge in [-0.25, -0.2) is 0 Å². The van der Waals surface area contributed by atoms with Crippen molar-refractivity contribution in [2.75, 3.05) is 6.61 Å². The third-order valence-corrected chi connectivity index (χ3v) is 2.22. The van der Waals surface area contributed by atoms with Gasteiger partial charge in [-0.15, -0.1) is 0 Å². The lowest BCUT2D eigenvalue weighted by molar-refractivity contribution is 0.337. The average molecular weight is 230 g/mol. The Kier molecular flexibility index (Phi) is 3.53. The van der Waals surface area contributed by atoms with Gasteiger partial charge in [-0.1, -0.05) is 15.9 Å². The first kappa shape index (κ1) is 9.52. The molecule has 0 N–H and O–H groups in total. The van der Waals surface area contributed by atoms with Gasteiger partial charge in [0, 0.05) is 17.1 Å². The summed E-state index contributed by atoms with van der Waals surface area (Å²) in [4.78, 5) is 4.21. The molecule has 2 nitrogen and oxygen atoms in total. The molecule has 0 saturated carbocycles. The average Bonchev–Trinajstić information content (AvgIpc) is 2.09. The Morgan fingerprint density at radius 2 is 2.33 bits per heavy atom. The molecule has 0 aliphatic carbocycles. The van der Waals surface area contributed by atoms with Crippen LogP contribution in [0.4, 0.5) is 0 Å². The van der Waals surface area contributed by atoms with Crippen molar-refractivity contribution in [2.24, 2.45) is 0 Å². The number of ether oxygens (including phenoxy) is 1. The predicted molar refractivity (Wildman–Crippen MR) is 52.8 cm³/mol. The Morgan fingerprint density at radius 1 is 1.58 bits per heavy atom. The minimum atomic E-state index is 0.701. The summed E-state index contributed by atoms with van der Waals surface area (Å²) >= 11 is 3.38. The quantitative estimate of drug-likeness (QED) is 0.744. The highest BCUT2D eigenvalue weighted by Crippen LogP contribution is 2.20. The van der Waals surface area contributed by atoms with E-state index < -0.39 is 0 Å². The number of aromatic nitrogens is 1. The zero-order valence-corrected chi connectivity index (χ0v) is 8.89. The fourth-order valence-electron chi connectivity index (χ4n) is 1.01. The molecule has 0 saturated heterocycles. The summed E-state index contributed by atoms with van der Waals surface area (Å²) in [6.07, 6.45) is 1.77. The topological polar surface area (TPSA) is 22.1 Å². The van der Waals surface area contributed by atoms with Crippen LogP contribution in [0.1, 0.15) is 18.2 Å². The van der Waals surface area contributed by atoms with Crippen LogP contribution in [0, 0.1) is 6.92 Å². The first-order chi connectivity index (χ1) is 5.79. The lowest BCUT2D eigenvalue weighted by Gasteiger charge is -2.08. The van der Waals surface area contributed by atoms with Crippen molar-refractivity contribution in [2.45, 2.75) is 19.2 Å². The lowest BCUT2D eigenvalue weighted by Crippen LogP contribution is -1.97. The van der Waals surface area contributed by atoms with E-state index in [4.69, 9.17) is 4.74 Å². The largest absolute Gasteiger partial charge is 0.493 e. The maximum atomic E-state index is 5.42. The zero-order chi connectivity index (χ0) is 8.97. The van der Waals surface area contributed by atoms with Gasteiger partial charge in [-0.05, 0) is 19.9 Å². The van der Waals surface area contributed by atoms with E-state index in [0.29, 0.717) is 6.61 Å². The fraction of sp³-hybridized carbons (Fsp3) is 0.444. The summed E-state index contributed by atoms with van der Waals surface area (Å²) in [5, 5.41) is 0.778. The third kappa shape index (κ3) is 1.97. The molecule has 1 rings (SSSR count). The smallest absolute Gasteiger partial charge is 0.125 e. The number of halogens is 1. The van der Waals surface area contributed by atoms with Crippen molar-refractivity contribution in [1.29, 1.82) is 0 Å². The Morgan fingerprint density at radius 3 is 2.92 bits per heavy atom. The second-order valence-corrected chi connectivity index (χ2v) is 3.01. The van der Waals surface area contributed by atoms with E-state index in [1.165, 1.54) is 0 Å². The molecule has 0 aliphatic heterocycles. The van der Waals surface area contributed by atoms with Crippen LogP contribution in [0.15, 0.2) is 12.3 Å². The first-order valence-corrected chi connectivity index (χ1v) is 5.05. The molecule has 0 radical (unpaired) electrons. The number of hydrogen-bond acceptors (Lipinski definition) is 2. The van der Waals surface area contributed by atoms with E-state index in [0.717, 1.165) is 22.3 Å². The van der Waals surface area contributed by atoms with Crippen LogP contribution in [-0.4, -0.2) is 11.6 Å². The summed E-state index contributed by atoms with van der Waals surface area (Å²) in [6.45, 7) is 4.70. The molecule has 0 amide bonds. The van der Waals surface area contributed by atoms with E-state index in [1.807, 2.05) is 19.9 Å². The van der Waals surface area contributed by atoms with Crippen molar-refractivity contribution in [3.05, 3.63) is 23.5 Å². The van der Waals surface area contributed by atoms with Crippen molar-refractivity contribution in [3.8, 4) is 5.75 Å². The van der Waals surface area contributed by atoms with Gasteiger partial charge in [-0.2, -0.15) is 0 Å². The minimum Gasteiger partial charge on any atom is -0.493 e. The standard InChI is InChI=1S/C9H12BrNO/c1-3-12-9-4-5-11-8(6-10)7(9)2/h4-5H,3,6H2,1-2H3. The van der Waals surface area contributed by atoms with Crippen LogP contribution in [0.5, 0.6) is 5.75 Å².